The van der Waals surface area contributed by atoms with Crippen molar-refractivity contribution in [3.63, 3.8) is 0 Å². The number of hydrogen-bond donors (Lipinski definition) is 2. The molecule has 0 heterocycles. The van der Waals surface area contributed by atoms with Crippen LogP contribution in [0.3, 0.4) is 0 Å². The van der Waals surface area contributed by atoms with Crippen LogP contribution in [0.1, 0.15) is 30.9 Å². The van der Waals surface area contributed by atoms with Gasteiger partial charge in [0.15, 0.2) is 0 Å². The van der Waals surface area contributed by atoms with Crippen LogP contribution in [0.25, 0.3) is 0 Å². The fourth-order valence-corrected chi connectivity index (χ4v) is 2.52. The van der Waals surface area contributed by atoms with Crippen LogP contribution in [-0.4, -0.2) is 6.18 Å². The number of hydrogen-bond acceptors (Lipinski definition) is 2. The molecule has 18 heavy (non-hydrogen) atoms. The third-order valence-corrected chi connectivity index (χ3v) is 3.12. The molecule has 1 atom stereocenters. The lowest BCUT2D eigenvalue weighted by Crippen LogP contribution is -2.28. The molecule has 0 aliphatic heterocycles. The maximum atomic E-state index is 12.1. The largest absolute Gasteiger partial charge is 0.389 e. The van der Waals surface area contributed by atoms with Crippen molar-refractivity contribution in [1.29, 1.82) is 0 Å². The fourth-order valence-electron chi connectivity index (χ4n) is 1.63. The first-order valence-corrected chi connectivity index (χ1v) is 6.48. The molecule has 0 saturated heterocycles. The summed E-state index contributed by atoms with van der Waals surface area (Å²) < 4.78 is 36.9. The number of benzene rings is 1. The fraction of sp³-hybridized carbons (Fsp3) is 0.455. The highest BCUT2D eigenvalue weighted by Gasteiger charge is 2.26. The van der Waals surface area contributed by atoms with Crippen molar-refractivity contribution < 1.29 is 13.2 Å². The molecule has 1 rings (SSSR count). The number of nitrogens with two attached hydrogens (primary N) is 1. The third-order valence-electron chi connectivity index (χ3n) is 2.44. The molecule has 0 radical (unpaired) electrons. The molecule has 7 heteroatoms. The van der Waals surface area contributed by atoms with Gasteiger partial charge >= 0.3 is 6.18 Å². The molecule has 0 aromatic heterocycles. The van der Waals surface area contributed by atoms with Crippen LogP contribution in [0, 0.1) is 0 Å². The first kappa shape index (κ1) is 15.8. The Morgan fingerprint density at radius 2 is 2.00 bits per heavy atom. The van der Waals surface area contributed by atoms with Crippen molar-refractivity contribution in [3.05, 3.63) is 33.3 Å². The Morgan fingerprint density at radius 3 is 2.50 bits per heavy atom. The standard InChI is InChI=1S/C11H13BrClF3N2/c12-8-4-7(5-9(13)6-8)10(18-17)2-1-3-11(14,15)16/h4-6,10,18H,1-3,17H2. The Morgan fingerprint density at radius 1 is 1.33 bits per heavy atom. The van der Waals surface area contributed by atoms with Crippen molar-refractivity contribution in [1.82, 2.24) is 5.43 Å². The summed E-state index contributed by atoms with van der Waals surface area (Å²) in [5.41, 5.74) is 3.28. The topological polar surface area (TPSA) is 38.0 Å². The van der Waals surface area contributed by atoms with Gasteiger partial charge in [0.1, 0.15) is 0 Å². The van der Waals surface area contributed by atoms with E-state index in [0.717, 1.165) is 10.0 Å². The average Bonchev–Trinajstić information content (AvgIpc) is 2.21. The van der Waals surface area contributed by atoms with Crippen LogP contribution in [-0.2, 0) is 0 Å². The Balaban J connectivity index is 2.65. The van der Waals surface area contributed by atoms with Crippen molar-refractivity contribution in [2.24, 2.45) is 5.84 Å². The molecule has 1 aromatic carbocycles. The first-order chi connectivity index (χ1) is 8.31. The highest BCUT2D eigenvalue weighted by Crippen LogP contribution is 2.28. The Labute approximate surface area is 117 Å². The highest BCUT2D eigenvalue weighted by atomic mass is 79.9. The van der Waals surface area contributed by atoms with E-state index in [4.69, 9.17) is 17.4 Å². The lowest BCUT2D eigenvalue weighted by Gasteiger charge is -2.17. The summed E-state index contributed by atoms with van der Waals surface area (Å²) >= 11 is 9.16. The van der Waals surface area contributed by atoms with Crippen molar-refractivity contribution in [2.75, 3.05) is 0 Å². The molecule has 0 bridgehead atoms. The molecule has 1 unspecified atom stereocenters. The van der Waals surface area contributed by atoms with Crippen LogP contribution in [0.5, 0.6) is 0 Å². The van der Waals surface area contributed by atoms with E-state index in [2.05, 4.69) is 21.4 Å². The summed E-state index contributed by atoms with van der Waals surface area (Å²) in [5.74, 6) is 5.37. The van der Waals surface area contributed by atoms with Crippen LogP contribution < -0.4 is 11.3 Å². The van der Waals surface area contributed by atoms with Crippen molar-refractivity contribution in [3.8, 4) is 0 Å². The predicted molar refractivity (Wildman–Crippen MR) is 69.1 cm³/mol. The zero-order valence-corrected chi connectivity index (χ0v) is 11.7. The third kappa shape index (κ3) is 5.56. The first-order valence-electron chi connectivity index (χ1n) is 5.30. The van der Waals surface area contributed by atoms with Crippen molar-refractivity contribution >= 4 is 27.5 Å². The minimum absolute atomic E-state index is 0.0164. The average molecular weight is 346 g/mol. The van der Waals surface area contributed by atoms with Gasteiger partial charge in [-0.15, -0.1) is 0 Å². The SMILES string of the molecule is NNC(CCCC(F)(F)F)c1cc(Cl)cc(Br)c1. The molecule has 0 saturated carbocycles. The Hall–Kier alpha value is -0.300. The molecular weight excluding hydrogens is 332 g/mol. The summed E-state index contributed by atoms with van der Waals surface area (Å²) in [4.78, 5) is 0. The minimum atomic E-state index is -4.13. The maximum absolute atomic E-state index is 12.1. The maximum Gasteiger partial charge on any atom is 0.389 e. The van der Waals surface area contributed by atoms with Gasteiger partial charge in [0, 0.05) is 22.0 Å². The molecule has 0 fully saturated rings. The van der Waals surface area contributed by atoms with Crippen LogP contribution in [0.4, 0.5) is 13.2 Å². The van der Waals surface area contributed by atoms with E-state index in [0.29, 0.717) is 11.4 Å². The van der Waals surface area contributed by atoms with E-state index in [1.54, 1.807) is 18.2 Å². The van der Waals surface area contributed by atoms with Gasteiger partial charge in [0.25, 0.3) is 0 Å². The summed E-state index contributed by atoms with van der Waals surface area (Å²) in [6, 6.07) is 4.82. The van der Waals surface area contributed by atoms with E-state index in [9.17, 15) is 13.2 Å². The van der Waals surface area contributed by atoms with E-state index < -0.39 is 12.6 Å². The van der Waals surface area contributed by atoms with E-state index in [1.165, 1.54) is 0 Å². The smallest absolute Gasteiger partial charge is 0.271 e. The Kier molecular flexibility index (Phi) is 5.91. The molecule has 0 aliphatic rings. The molecule has 3 N–H and O–H groups in total. The zero-order chi connectivity index (χ0) is 13.8. The van der Waals surface area contributed by atoms with E-state index in [1.807, 2.05) is 0 Å². The van der Waals surface area contributed by atoms with Crippen LogP contribution >= 0.6 is 27.5 Å². The molecular formula is C11H13BrClF3N2. The molecule has 0 amide bonds. The van der Waals surface area contributed by atoms with Gasteiger partial charge in [-0.3, -0.25) is 11.3 Å². The summed E-state index contributed by atoms with van der Waals surface area (Å²) in [6.07, 6.45) is -4.63. The normalized spacial score (nSPS) is 13.7. The summed E-state index contributed by atoms with van der Waals surface area (Å²) in [5, 5.41) is 0.510. The molecule has 0 aliphatic carbocycles. The van der Waals surface area contributed by atoms with Crippen LogP contribution in [0.15, 0.2) is 22.7 Å². The molecule has 0 spiro atoms. The minimum Gasteiger partial charge on any atom is -0.271 e. The Bertz CT molecular complexity index is 378. The highest BCUT2D eigenvalue weighted by molar-refractivity contribution is 9.10. The predicted octanol–water partition coefficient (Wildman–Crippen LogP) is 4.34. The van der Waals surface area contributed by atoms with E-state index >= 15 is 0 Å². The van der Waals surface area contributed by atoms with Crippen LogP contribution in [0.2, 0.25) is 5.02 Å². The van der Waals surface area contributed by atoms with Gasteiger partial charge < -0.3 is 0 Å². The second kappa shape index (κ2) is 6.75. The molecule has 102 valence electrons. The number of nitrogens with one attached hydrogen (secondary N) is 1. The van der Waals surface area contributed by atoms with Gasteiger partial charge in [0.2, 0.25) is 0 Å². The van der Waals surface area contributed by atoms with E-state index in [-0.39, 0.29) is 12.5 Å². The lowest BCUT2D eigenvalue weighted by atomic mass is 10.0. The number of rotatable bonds is 5. The monoisotopic (exact) mass is 344 g/mol. The van der Waals surface area contributed by atoms with Gasteiger partial charge in [-0.2, -0.15) is 13.2 Å². The van der Waals surface area contributed by atoms with Gasteiger partial charge in [-0.25, -0.2) is 0 Å². The molecule has 2 nitrogen and oxygen atoms in total. The number of halogens is 5. The quantitative estimate of drug-likeness (QED) is 0.615. The molecule has 1 aromatic rings. The van der Waals surface area contributed by atoms with Gasteiger partial charge in [-0.05, 0) is 36.6 Å². The number of alkyl halides is 3. The zero-order valence-electron chi connectivity index (χ0n) is 9.40. The summed E-state index contributed by atoms with van der Waals surface area (Å²) in [6.45, 7) is 0. The number of hydrazine groups is 1. The van der Waals surface area contributed by atoms with Gasteiger partial charge in [0.05, 0.1) is 0 Å². The lowest BCUT2D eigenvalue weighted by molar-refractivity contribution is -0.135. The summed E-state index contributed by atoms with van der Waals surface area (Å²) in [7, 11) is 0. The second-order valence-electron chi connectivity index (χ2n) is 3.93. The van der Waals surface area contributed by atoms with Crippen molar-refractivity contribution in [2.45, 2.75) is 31.5 Å². The second-order valence-corrected chi connectivity index (χ2v) is 5.28. The van der Waals surface area contributed by atoms with Gasteiger partial charge in [-0.1, -0.05) is 27.5 Å².